The molecule has 0 spiro atoms. The zero-order valence-corrected chi connectivity index (χ0v) is 17.6. The molecule has 0 heterocycles. The van der Waals surface area contributed by atoms with Gasteiger partial charge >= 0.3 is 11.9 Å². The van der Waals surface area contributed by atoms with Crippen LogP contribution in [0, 0.1) is 13.8 Å². The molecule has 6 nitrogen and oxygen atoms in total. The summed E-state index contributed by atoms with van der Waals surface area (Å²) in [5.74, 6) is -2.42. The second kappa shape index (κ2) is 8.65. The minimum absolute atomic E-state index is 0.0963. The van der Waals surface area contributed by atoms with Crippen molar-refractivity contribution >= 4 is 57.9 Å². The van der Waals surface area contributed by atoms with Crippen LogP contribution in [0.3, 0.4) is 0 Å². The van der Waals surface area contributed by atoms with Crippen LogP contribution in [0.5, 0.6) is 0 Å². The molecule has 8 heteroatoms. The topological polar surface area (TPSA) is 98.7 Å². The average molecular weight is 445 g/mol. The molecule has 0 fully saturated rings. The summed E-state index contributed by atoms with van der Waals surface area (Å²) in [6.07, 6.45) is 0. The van der Waals surface area contributed by atoms with Crippen molar-refractivity contribution in [1.29, 1.82) is 0 Å². The molecule has 0 aliphatic rings. The summed E-state index contributed by atoms with van der Waals surface area (Å²) in [6.45, 7) is 3.68. The smallest absolute Gasteiger partial charge is 0.337 e. The Balaban J connectivity index is 2.19. The van der Waals surface area contributed by atoms with Gasteiger partial charge in [0.1, 0.15) is 0 Å². The lowest BCUT2D eigenvalue weighted by molar-refractivity contribution is 0.0683. The molecule has 0 saturated heterocycles. The third-order valence-electron chi connectivity index (χ3n) is 4.55. The third-order valence-corrected chi connectivity index (χ3v) is 5.36. The summed E-state index contributed by atoms with van der Waals surface area (Å²) >= 11 is 12.4. The molecule has 0 aliphatic heterocycles. The lowest BCUT2D eigenvalue weighted by Crippen LogP contribution is -2.11. The molecule has 0 bridgehead atoms. The van der Waals surface area contributed by atoms with Crippen molar-refractivity contribution in [2.75, 3.05) is 10.6 Å². The molecule has 3 aromatic carbocycles. The molecular weight excluding hydrogens is 427 g/mol. The van der Waals surface area contributed by atoms with E-state index in [4.69, 9.17) is 23.2 Å². The Bertz CT molecular complexity index is 1070. The van der Waals surface area contributed by atoms with Gasteiger partial charge < -0.3 is 20.8 Å². The molecule has 0 atom stereocenters. The Labute approximate surface area is 183 Å². The van der Waals surface area contributed by atoms with Crippen molar-refractivity contribution in [1.82, 2.24) is 0 Å². The molecule has 0 amide bonds. The van der Waals surface area contributed by atoms with Crippen LogP contribution in [-0.2, 0) is 0 Å². The first-order chi connectivity index (χ1) is 14.2. The number of anilines is 4. The van der Waals surface area contributed by atoms with Crippen LogP contribution in [0.2, 0.25) is 10.0 Å². The largest absolute Gasteiger partial charge is 0.478 e. The van der Waals surface area contributed by atoms with E-state index < -0.39 is 11.9 Å². The van der Waals surface area contributed by atoms with Crippen LogP contribution in [0.1, 0.15) is 31.8 Å². The Morgan fingerprint density at radius 3 is 1.37 bits per heavy atom. The molecule has 154 valence electrons. The van der Waals surface area contributed by atoms with Crippen molar-refractivity contribution in [3.63, 3.8) is 0 Å². The minimum Gasteiger partial charge on any atom is -0.478 e. The lowest BCUT2D eigenvalue weighted by Gasteiger charge is -2.19. The van der Waals surface area contributed by atoms with E-state index in [2.05, 4.69) is 10.6 Å². The molecule has 4 N–H and O–H groups in total. The average Bonchev–Trinajstić information content (AvgIpc) is 2.68. The first-order valence-electron chi connectivity index (χ1n) is 8.87. The number of carboxylic acids is 2. The van der Waals surface area contributed by atoms with E-state index in [0.717, 1.165) is 11.1 Å². The summed E-state index contributed by atoms with van der Waals surface area (Å²) in [4.78, 5) is 23.7. The van der Waals surface area contributed by atoms with Gasteiger partial charge in [0.15, 0.2) is 0 Å². The van der Waals surface area contributed by atoms with Gasteiger partial charge in [-0.3, -0.25) is 0 Å². The van der Waals surface area contributed by atoms with Gasteiger partial charge in [-0.15, -0.1) is 0 Å². The monoisotopic (exact) mass is 444 g/mol. The zero-order chi connectivity index (χ0) is 22.0. The Morgan fingerprint density at radius 2 is 1.07 bits per heavy atom. The van der Waals surface area contributed by atoms with E-state index in [9.17, 15) is 19.8 Å². The van der Waals surface area contributed by atoms with E-state index in [1.807, 2.05) is 13.8 Å². The van der Waals surface area contributed by atoms with Crippen LogP contribution in [-0.4, -0.2) is 22.2 Å². The van der Waals surface area contributed by atoms with Crippen molar-refractivity contribution in [2.24, 2.45) is 0 Å². The van der Waals surface area contributed by atoms with Crippen molar-refractivity contribution in [2.45, 2.75) is 13.8 Å². The Hall–Kier alpha value is -3.22. The molecule has 3 aromatic rings. The fraction of sp³-hybridized carbons (Fsp3) is 0.0909. The van der Waals surface area contributed by atoms with Gasteiger partial charge in [-0.1, -0.05) is 35.3 Å². The summed E-state index contributed by atoms with van der Waals surface area (Å²) in [6, 6.07) is 12.8. The van der Waals surface area contributed by atoms with E-state index in [1.54, 1.807) is 36.4 Å². The van der Waals surface area contributed by atoms with E-state index in [1.165, 1.54) is 12.1 Å². The Morgan fingerprint density at radius 1 is 0.700 bits per heavy atom. The van der Waals surface area contributed by atoms with E-state index in [-0.39, 0.29) is 22.5 Å². The number of aryl methyl sites for hydroxylation is 2. The van der Waals surface area contributed by atoms with Crippen molar-refractivity contribution < 1.29 is 19.8 Å². The van der Waals surface area contributed by atoms with Crippen LogP contribution < -0.4 is 10.6 Å². The van der Waals surface area contributed by atoms with Gasteiger partial charge in [-0.05, 0) is 61.4 Å². The predicted molar refractivity (Wildman–Crippen MR) is 119 cm³/mol. The Kier molecular flexibility index (Phi) is 6.20. The first kappa shape index (κ1) is 21.5. The number of aromatic carboxylic acids is 2. The molecular formula is C22H18Cl2N2O4. The van der Waals surface area contributed by atoms with E-state index in [0.29, 0.717) is 21.4 Å². The molecule has 0 saturated carbocycles. The highest BCUT2D eigenvalue weighted by Crippen LogP contribution is 2.37. The fourth-order valence-electron chi connectivity index (χ4n) is 2.85. The van der Waals surface area contributed by atoms with Gasteiger partial charge in [0.05, 0.1) is 22.5 Å². The minimum atomic E-state index is -1.21. The molecule has 0 aromatic heterocycles. The molecule has 3 rings (SSSR count). The number of rotatable bonds is 6. The molecule has 30 heavy (non-hydrogen) atoms. The quantitative estimate of drug-likeness (QED) is 0.346. The summed E-state index contributed by atoms with van der Waals surface area (Å²) in [7, 11) is 0. The number of benzene rings is 3. The maximum atomic E-state index is 11.9. The summed E-state index contributed by atoms with van der Waals surface area (Å²) in [5.41, 5.74) is 2.73. The van der Waals surface area contributed by atoms with Gasteiger partial charge in [0, 0.05) is 21.4 Å². The van der Waals surface area contributed by atoms with E-state index >= 15 is 0 Å². The van der Waals surface area contributed by atoms with Crippen molar-refractivity contribution in [3.05, 3.63) is 80.8 Å². The molecule has 0 radical (unpaired) electrons. The highest BCUT2D eigenvalue weighted by atomic mass is 35.5. The van der Waals surface area contributed by atoms with Gasteiger partial charge in [-0.2, -0.15) is 0 Å². The number of nitrogens with one attached hydrogen (secondary N) is 2. The highest BCUT2D eigenvalue weighted by molar-refractivity contribution is 6.32. The zero-order valence-electron chi connectivity index (χ0n) is 16.1. The lowest BCUT2D eigenvalue weighted by atomic mass is 10.0. The number of carbonyl (C=O) groups is 2. The SMILES string of the molecule is Cc1ccc(Nc2c(C(=O)O)ccc(C(=O)O)c2Nc2ccc(C)c(Cl)c2)cc1Cl. The van der Waals surface area contributed by atoms with Crippen LogP contribution in [0.15, 0.2) is 48.5 Å². The normalized spacial score (nSPS) is 10.5. The number of halogens is 2. The van der Waals surface area contributed by atoms with Crippen molar-refractivity contribution in [3.8, 4) is 0 Å². The van der Waals surface area contributed by atoms with Gasteiger partial charge in [-0.25, -0.2) is 9.59 Å². The van der Waals surface area contributed by atoms with Crippen LogP contribution >= 0.6 is 23.2 Å². The number of carboxylic acid groups (broad SMARTS) is 2. The molecule has 0 aliphatic carbocycles. The number of hydrogen-bond donors (Lipinski definition) is 4. The standard InChI is InChI=1S/C22H18Cl2N2O4/c1-11-3-5-13(9-17(11)23)25-19-15(21(27)28)7-8-16(22(29)30)20(19)26-14-6-4-12(2)18(24)10-14/h3-10,25-26H,1-2H3,(H,27,28)(H,29,30). The first-order valence-corrected chi connectivity index (χ1v) is 9.63. The van der Waals surface area contributed by atoms with Crippen LogP contribution in [0.25, 0.3) is 0 Å². The molecule has 0 unspecified atom stereocenters. The van der Waals surface area contributed by atoms with Crippen LogP contribution in [0.4, 0.5) is 22.7 Å². The highest BCUT2D eigenvalue weighted by Gasteiger charge is 2.22. The number of hydrogen-bond acceptors (Lipinski definition) is 4. The predicted octanol–water partition coefficient (Wildman–Crippen LogP) is 6.49. The maximum Gasteiger partial charge on any atom is 0.337 e. The van der Waals surface area contributed by atoms with Gasteiger partial charge in [0.25, 0.3) is 0 Å². The maximum absolute atomic E-state index is 11.9. The third kappa shape index (κ3) is 4.50. The summed E-state index contributed by atoms with van der Waals surface area (Å²) < 4.78 is 0. The second-order valence-electron chi connectivity index (χ2n) is 6.70. The van der Waals surface area contributed by atoms with Gasteiger partial charge in [0.2, 0.25) is 0 Å². The second-order valence-corrected chi connectivity index (χ2v) is 7.51. The summed E-state index contributed by atoms with van der Waals surface area (Å²) in [5, 5.41) is 26.4. The fourth-order valence-corrected chi connectivity index (χ4v) is 3.21.